The highest BCUT2D eigenvalue weighted by Crippen LogP contribution is 2.27. The fraction of sp³-hybridized carbons (Fsp3) is 0.176. The number of ether oxygens (including phenoxy) is 2. The molecule has 0 fully saturated rings. The minimum absolute atomic E-state index is 0.355. The van der Waals surface area contributed by atoms with Gasteiger partial charge in [-0.15, -0.1) is 0 Å². The molecule has 23 heavy (non-hydrogen) atoms. The summed E-state index contributed by atoms with van der Waals surface area (Å²) < 4.78 is 36.5. The summed E-state index contributed by atoms with van der Waals surface area (Å²) >= 11 is 0. The smallest absolute Gasteiger partial charge is 0.254 e. The Hall–Kier alpha value is -2.31. The van der Waals surface area contributed by atoms with Crippen LogP contribution >= 0.6 is 0 Å². The fourth-order valence-electron chi connectivity index (χ4n) is 1.98. The van der Waals surface area contributed by atoms with E-state index in [1.165, 1.54) is 7.11 Å². The maximum atomic E-state index is 11.6. The molecule has 0 radical (unpaired) electrons. The van der Waals surface area contributed by atoms with Gasteiger partial charge in [-0.05, 0) is 23.3 Å². The maximum Gasteiger partial charge on any atom is 0.254 e. The lowest BCUT2D eigenvalue weighted by Crippen LogP contribution is -2.10. The number of rotatable bonds is 8. The van der Waals surface area contributed by atoms with Crippen molar-refractivity contribution in [2.24, 2.45) is 0 Å². The van der Waals surface area contributed by atoms with Crippen LogP contribution in [0.25, 0.3) is 0 Å². The van der Waals surface area contributed by atoms with E-state index in [1.54, 1.807) is 12.1 Å². The molecular formula is C17H19NO4S. The van der Waals surface area contributed by atoms with E-state index in [9.17, 15) is 8.42 Å². The number of nitrogens with one attached hydrogen (secondary N) is 1. The highest BCUT2D eigenvalue weighted by Gasteiger charge is 2.10. The van der Waals surface area contributed by atoms with Crippen LogP contribution in [0.1, 0.15) is 11.1 Å². The zero-order valence-electron chi connectivity index (χ0n) is 12.9. The Labute approximate surface area is 136 Å². The van der Waals surface area contributed by atoms with E-state index in [4.69, 9.17) is 9.47 Å². The fourth-order valence-corrected chi connectivity index (χ4v) is 2.53. The van der Waals surface area contributed by atoms with E-state index in [2.05, 4.69) is 11.3 Å². The summed E-state index contributed by atoms with van der Waals surface area (Å²) in [6.45, 7) is 4.12. The summed E-state index contributed by atoms with van der Waals surface area (Å²) in [6.07, 6.45) is 0. The lowest BCUT2D eigenvalue weighted by molar-refractivity contribution is 0.107. The molecule has 2 rings (SSSR count). The highest BCUT2D eigenvalue weighted by atomic mass is 32.2. The van der Waals surface area contributed by atoms with Crippen molar-refractivity contribution in [1.29, 1.82) is 0 Å². The predicted octanol–water partition coefficient (Wildman–Crippen LogP) is 3.30. The Bertz CT molecular complexity index is 757. The van der Waals surface area contributed by atoms with Crippen LogP contribution in [0, 0.1) is 0 Å². The lowest BCUT2D eigenvalue weighted by Gasteiger charge is -2.12. The van der Waals surface area contributed by atoms with Gasteiger partial charge in [0.05, 0.1) is 26.0 Å². The summed E-state index contributed by atoms with van der Waals surface area (Å²) in [5, 5.41) is 0.852. The van der Waals surface area contributed by atoms with Gasteiger partial charge in [0, 0.05) is 5.41 Å². The molecule has 0 aliphatic carbocycles. The first-order valence-corrected chi connectivity index (χ1v) is 8.52. The molecule has 0 spiro atoms. The van der Waals surface area contributed by atoms with Crippen LogP contribution in [-0.2, 0) is 28.0 Å². The van der Waals surface area contributed by atoms with Gasteiger partial charge in [0.2, 0.25) is 0 Å². The van der Waals surface area contributed by atoms with E-state index in [0.29, 0.717) is 24.7 Å². The average molecular weight is 333 g/mol. The van der Waals surface area contributed by atoms with E-state index < -0.39 is 10.0 Å². The Morgan fingerprint density at radius 1 is 1.09 bits per heavy atom. The number of hydrogen-bond donors (Lipinski definition) is 1. The number of hydrogen-bond acceptors (Lipinski definition) is 4. The molecule has 0 amide bonds. The Morgan fingerprint density at radius 2 is 1.78 bits per heavy atom. The first kappa shape index (κ1) is 17.1. The third-order valence-electron chi connectivity index (χ3n) is 3.12. The summed E-state index contributed by atoms with van der Waals surface area (Å²) in [7, 11) is -2.11. The van der Waals surface area contributed by atoms with Crippen molar-refractivity contribution in [2.75, 3.05) is 11.8 Å². The third kappa shape index (κ3) is 5.12. The van der Waals surface area contributed by atoms with Crippen LogP contribution < -0.4 is 9.46 Å². The van der Waals surface area contributed by atoms with Crippen molar-refractivity contribution in [1.82, 2.24) is 0 Å². The number of benzene rings is 2. The minimum Gasteiger partial charge on any atom is -0.495 e. The molecule has 0 saturated heterocycles. The van der Waals surface area contributed by atoms with Gasteiger partial charge < -0.3 is 9.47 Å². The second-order valence-electron chi connectivity index (χ2n) is 4.83. The van der Waals surface area contributed by atoms with Crippen molar-refractivity contribution in [3.05, 3.63) is 71.6 Å². The van der Waals surface area contributed by atoms with Gasteiger partial charge in [-0.2, -0.15) is 0 Å². The van der Waals surface area contributed by atoms with Crippen LogP contribution in [0.15, 0.2) is 60.5 Å². The Kier molecular flexibility index (Phi) is 5.78. The predicted molar refractivity (Wildman–Crippen MR) is 90.7 cm³/mol. The van der Waals surface area contributed by atoms with E-state index in [-0.39, 0.29) is 0 Å². The van der Waals surface area contributed by atoms with Crippen molar-refractivity contribution < 1.29 is 17.9 Å². The van der Waals surface area contributed by atoms with Gasteiger partial charge in [-0.25, -0.2) is 8.42 Å². The second-order valence-corrected chi connectivity index (χ2v) is 6.45. The van der Waals surface area contributed by atoms with Crippen molar-refractivity contribution in [3.8, 4) is 5.75 Å². The normalized spacial score (nSPS) is 11.0. The van der Waals surface area contributed by atoms with Gasteiger partial charge in [-0.1, -0.05) is 43.0 Å². The van der Waals surface area contributed by atoms with Gasteiger partial charge in [0.1, 0.15) is 5.75 Å². The standard InChI is InChI=1S/C17H19NO4S/c1-3-23(19,20)18-16-11-15(9-10-17(16)21-2)13-22-12-14-7-5-4-6-8-14/h3-11,18H,1,12-13H2,2H3. The van der Waals surface area contributed by atoms with Crippen LogP contribution in [0.2, 0.25) is 0 Å². The monoisotopic (exact) mass is 333 g/mol. The van der Waals surface area contributed by atoms with Crippen LogP contribution in [0.4, 0.5) is 5.69 Å². The minimum atomic E-state index is -3.59. The number of methoxy groups -OCH3 is 1. The molecule has 0 aromatic heterocycles. The molecule has 1 N–H and O–H groups in total. The van der Waals surface area contributed by atoms with Gasteiger partial charge in [0.25, 0.3) is 10.0 Å². The third-order valence-corrected chi connectivity index (χ3v) is 4.06. The first-order valence-electron chi connectivity index (χ1n) is 6.98. The molecular weight excluding hydrogens is 314 g/mol. The zero-order valence-corrected chi connectivity index (χ0v) is 13.7. The molecule has 0 saturated carbocycles. The molecule has 2 aromatic carbocycles. The highest BCUT2D eigenvalue weighted by molar-refractivity contribution is 7.95. The average Bonchev–Trinajstić information content (AvgIpc) is 2.56. The largest absolute Gasteiger partial charge is 0.495 e. The van der Waals surface area contributed by atoms with Crippen LogP contribution in [0.5, 0.6) is 5.75 Å². The lowest BCUT2D eigenvalue weighted by atomic mass is 10.2. The topological polar surface area (TPSA) is 64.6 Å². The number of anilines is 1. The summed E-state index contributed by atoms with van der Waals surface area (Å²) in [5.74, 6) is 0.433. The van der Waals surface area contributed by atoms with Crippen molar-refractivity contribution in [2.45, 2.75) is 13.2 Å². The summed E-state index contributed by atoms with van der Waals surface area (Å²) in [6, 6.07) is 15.0. The molecule has 6 heteroatoms. The Balaban J connectivity index is 2.06. The first-order chi connectivity index (χ1) is 11.0. The molecule has 0 aliphatic heterocycles. The quantitative estimate of drug-likeness (QED) is 0.805. The van der Waals surface area contributed by atoms with E-state index in [1.807, 2.05) is 36.4 Å². The van der Waals surface area contributed by atoms with E-state index in [0.717, 1.165) is 16.5 Å². The summed E-state index contributed by atoms with van der Waals surface area (Å²) in [4.78, 5) is 0. The molecule has 2 aromatic rings. The molecule has 0 atom stereocenters. The van der Waals surface area contributed by atoms with Crippen LogP contribution in [0.3, 0.4) is 0 Å². The SMILES string of the molecule is C=CS(=O)(=O)Nc1cc(COCc2ccccc2)ccc1OC. The van der Waals surface area contributed by atoms with Gasteiger partial charge in [-0.3, -0.25) is 4.72 Å². The molecule has 0 aliphatic rings. The molecule has 0 heterocycles. The molecule has 5 nitrogen and oxygen atoms in total. The number of sulfonamides is 1. The molecule has 0 bridgehead atoms. The summed E-state index contributed by atoms with van der Waals surface area (Å²) in [5.41, 5.74) is 2.27. The maximum absolute atomic E-state index is 11.6. The van der Waals surface area contributed by atoms with Gasteiger partial charge >= 0.3 is 0 Å². The van der Waals surface area contributed by atoms with Crippen LogP contribution in [-0.4, -0.2) is 15.5 Å². The Morgan fingerprint density at radius 3 is 2.43 bits per heavy atom. The van der Waals surface area contributed by atoms with Crippen molar-refractivity contribution in [3.63, 3.8) is 0 Å². The zero-order chi connectivity index (χ0) is 16.7. The molecule has 122 valence electrons. The van der Waals surface area contributed by atoms with E-state index >= 15 is 0 Å². The van der Waals surface area contributed by atoms with Gasteiger partial charge in [0.15, 0.2) is 0 Å². The van der Waals surface area contributed by atoms with Crippen molar-refractivity contribution >= 4 is 15.7 Å². The molecule has 0 unspecified atom stereocenters. The second kappa shape index (κ2) is 7.80.